The molecule has 0 saturated carbocycles. The molecule has 2 atom stereocenters. The first-order valence-electron chi connectivity index (χ1n) is 6.31. The average Bonchev–Trinajstić information content (AvgIpc) is 2.97. The van der Waals surface area contributed by atoms with Gasteiger partial charge < -0.3 is 10.2 Å². The van der Waals surface area contributed by atoms with Crippen molar-refractivity contribution in [2.45, 2.75) is 43.8 Å². The number of amides is 1. The van der Waals surface area contributed by atoms with E-state index < -0.39 is 0 Å². The molecule has 5 heteroatoms. The summed E-state index contributed by atoms with van der Waals surface area (Å²) in [5.41, 5.74) is 0. The topological polar surface area (TPSA) is 32.3 Å². The number of hydrogen-bond acceptors (Lipinski definition) is 3. The summed E-state index contributed by atoms with van der Waals surface area (Å²) in [6.45, 7) is 0. The van der Waals surface area contributed by atoms with Crippen molar-refractivity contribution >= 4 is 29.7 Å². The van der Waals surface area contributed by atoms with Crippen molar-refractivity contribution in [2.75, 3.05) is 7.05 Å². The molecule has 2 unspecified atom stereocenters. The number of carbonyl (C=O) groups is 1. The van der Waals surface area contributed by atoms with E-state index in [1.54, 1.807) is 0 Å². The van der Waals surface area contributed by atoms with E-state index in [-0.39, 0.29) is 18.3 Å². The number of halogens is 1. The van der Waals surface area contributed by atoms with Crippen LogP contribution in [0, 0.1) is 0 Å². The highest BCUT2D eigenvalue weighted by atomic mass is 35.5. The van der Waals surface area contributed by atoms with Crippen molar-refractivity contribution in [3.63, 3.8) is 0 Å². The summed E-state index contributed by atoms with van der Waals surface area (Å²) in [5, 5.41) is 5.58. The quantitative estimate of drug-likeness (QED) is 0.906. The minimum Gasteiger partial charge on any atom is -0.338 e. The van der Waals surface area contributed by atoms with E-state index >= 15 is 0 Å². The standard InChI is InChI=1S/C13H18N2OS.ClH/c1-15(13(16)12-3-2-6-17-12)11-7-9-4-5-10(8-11)14-9;/h2-3,6,9-11,14H,4-5,7-8H2,1H3;1H. The Hall–Kier alpha value is -0.580. The van der Waals surface area contributed by atoms with Gasteiger partial charge in [0.25, 0.3) is 5.91 Å². The first kappa shape index (κ1) is 13.8. The fourth-order valence-corrected chi connectivity index (χ4v) is 3.79. The van der Waals surface area contributed by atoms with E-state index in [1.807, 2.05) is 29.5 Å². The Kier molecular flexibility index (Phi) is 4.30. The van der Waals surface area contributed by atoms with Gasteiger partial charge in [0.15, 0.2) is 0 Å². The molecule has 0 radical (unpaired) electrons. The number of nitrogens with zero attached hydrogens (tertiary/aromatic N) is 1. The van der Waals surface area contributed by atoms with Crippen LogP contribution in [0.4, 0.5) is 0 Å². The molecule has 1 aromatic rings. The summed E-state index contributed by atoms with van der Waals surface area (Å²) in [5.74, 6) is 0.186. The zero-order chi connectivity index (χ0) is 11.8. The molecule has 0 spiro atoms. The number of fused-ring (bicyclic) bond motifs is 2. The predicted octanol–water partition coefficient (Wildman–Crippen LogP) is 2.52. The van der Waals surface area contributed by atoms with Crippen molar-refractivity contribution in [2.24, 2.45) is 0 Å². The third-order valence-electron chi connectivity index (χ3n) is 4.05. The van der Waals surface area contributed by atoms with Gasteiger partial charge in [-0.05, 0) is 37.1 Å². The van der Waals surface area contributed by atoms with E-state index in [4.69, 9.17) is 0 Å². The lowest BCUT2D eigenvalue weighted by Crippen LogP contribution is -2.48. The van der Waals surface area contributed by atoms with Gasteiger partial charge in [-0.15, -0.1) is 23.7 Å². The van der Waals surface area contributed by atoms with Gasteiger partial charge in [-0.2, -0.15) is 0 Å². The molecule has 1 aromatic heterocycles. The van der Waals surface area contributed by atoms with Crippen LogP contribution in [0.25, 0.3) is 0 Å². The summed E-state index contributed by atoms with van der Waals surface area (Å²) in [7, 11) is 1.96. The summed E-state index contributed by atoms with van der Waals surface area (Å²) in [6, 6.07) is 5.55. The maximum atomic E-state index is 12.3. The second-order valence-corrected chi connectivity index (χ2v) is 6.10. The van der Waals surface area contributed by atoms with Crippen LogP contribution >= 0.6 is 23.7 Å². The molecule has 2 bridgehead atoms. The van der Waals surface area contributed by atoms with Crippen LogP contribution in [0.3, 0.4) is 0 Å². The molecule has 0 aliphatic carbocycles. The lowest BCUT2D eigenvalue weighted by atomic mass is 9.98. The fourth-order valence-electron chi connectivity index (χ4n) is 3.08. The van der Waals surface area contributed by atoms with Crippen molar-refractivity contribution in [1.82, 2.24) is 10.2 Å². The minimum absolute atomic E-state index is 0. The maximum absolute atomic E-state index is 12.3. The van der Waals surface area contributed by atoms with Crippen LogP contribution in [0.5, 0.6) is 0 Å². The van der Waals surface area contributed by atoms with Gasteiger partial charge in [0.05, 0.1) is 4.88 Å². The van der Waals surface area contributed by atoms with E-state index in [0.29, 0.717) is 18.1 Å². The van der Waals surface area contributed by atoms with Crippen molar-refractivity contribution in [3.05, 3.63) is 22.4 Å². The highest BCUT2D eigenvalue weighted by Crippen LogP contribution is 2.30. The Morgan fingerprint density at radius 1 is 1.39 bits per heavy atom. The van der Waals surface area contributed by atoms with E-state index in [2.05, 4.69) is 5.32 Å². The van der Waals surface area contributed by atoms with Crippen molar-refractivity contribution in [1.29, 1.82) is 0 Å². The smallest absolute Gasteiger partial charge is 0.263 e. The minimum atomic E-state index is 0. The molecule has 1 amide bonds. The highest BCUT2D eigenvalue weighted by Gasteiger charge is 2.36. The van der Waals surface area contributed by atoms with Gasteiger partial charge in [0.2, 0.25) is 0 Å². The van der Waals surface area contributed by atoms with Gasteiger partial charge in [-0.3, -0.25) is 4.79 Å². The molecule has 1 N–H and O–H groups in total. The van der Waals surface area contributed by atoms with Gasteiger partial charge in [0.1, 0.15) is 0 Å². The molecule has 2 aliphatic heterocycles. The van der Waals surface area contributed by atoms with Gasteiger partial charge in [0, 0.05) is 25.2 Å². The molecule has 3 rings (SSSR count). The van der Waals surface area contributed by atoms with Crippen LogP contribution in [0.2, 0.25) is 0 Å². The van der Waals surface area contributed by atoms with Gasteiger partial charge >= 0.3 is 0 Å². The Balaban J connectivity index is 0.00000120. The van der Waals surface area contributed by atoms with E-state index in [1.165, 1.54) is 24.2 Å². The number of carbonyl (C=O) groups excluding carboxylic acids is 1. The maximum Gasteiger partial charge on any atom is 0.263 e. The van der Waals surface area contributed by atoms with E-state index in [0.717, 1.165) is 17.7 Å². The molecule has 100 valence electrons. The summed E-state index contributed by atoms with van der Waals surface area (Å²) >= 11 is 1.53. The highest BCUT2D eigenvalue weighted by molar-refractivity contribution is 7.12. The number of hydrogen-bond donors (Lipinski definition) is 1. The number of rotatable bonds is 2. The Morgan fingerprint density at radius 2 is 2.06 bits per heavy atom. The summed E-state index contributed by atoms with van der Waals surface area (Å²) in [4.78, 5) is 15.1. The Morgan fingerprint density at radius 3 is 2.61 bits per heavy atom. The first-order chi connectivity index (χ1) is 8.24. The molecule has 2 fully saturated rings. The van der Waals surface area contributed by atoms with Gasteiger partial charge in [-0.25, -0.2) is 0 Å². The van der Waals surface area contributed by atoms with Crippen LogP contribution in [-0.4, -0.2) is 36.0 Å². The van der Waals surface area contributed by atoms with Crippen LogP contribution < -0.4 is 5.32 Å². The fraction of sp³-hybridized carbons (Fsp3) is 0.615. The summed E-state index contributed by atoms with van der Waals surface area (Å²) < 4.78 is 0. The molecule has 3 nitrogen and oxygen atoms in total. The Bertz CT molecular complexity index is 397. The number of piperidine rings is 1. The third-order valence-corrected chi connectivity index (χ3v) is 4.91. The van der Waals surface area contributed by atoms with Crippen molar-refractivity contribution in [3.8, 4) is 0 Å². The SMILES string of the molecule is CN(C(=O)c1cccs1)C1CC2CCC(C1)N2.Cl. The van der Waals surface area contributed by atoms with Crippen LogP contribution in [-0.2, 0) is 0 Å². The summed E-state index contributed by atoms with van der Waals surface area (Å²) in [6.07, 6.45) is 4.79. The second-order valence-electron chi connectivity index (χ2n) is 5.16. The molecule has 0 aromatic carbocycles. The average molecular weight is 287 g/mol. The van der Waals surface area contributed by atoms with Crippen molar-refractivity contribution < 1.29 is 4.79 Å². The molecular weight excluding hydrogens is 268 g/mol. The molecule has 2 aliphatic rings. The molecule has 2 saturated heterocycles. The third kappa shape index (κ3) is 2.56. The predicted molar refractivity (Wildman–Crippen MR) is 76.6 cm³/mol. The first-order valence-corrected chi connectivity index (χ1v) is 7.18. The zero-order valence-corrected chi connectivity index (χ0v) is 12.1. The van der Waals surface area contributed by atoms with Crippen LogP contribution in [0.15, 0.2) is 17.5 Å². The molecular formula is C13H19ClN2OS. The van der Waals surface area contributed by atoms with Gasteiger partial charge in [-0.1, -0.05) is 6.07 Å². The number of thiophene rings is 1. The van der Waals surface area contributed by atoms with Crippen LogP contribution in [0.1, 0.15) is 35.4 Å². The van der Waals surface area contributed by atoms with E-state index in [9.17, 15) is 4.79 Å². The lowest BCUT2D eigenvalue weighted by Gasteiger charge is -2.35. The number of nitrogens with one attached hydrogen (secondary N) is 1. The molecule has 3 heterocycles. The zero-order valence-electron chi connectivity index (χ0n) is 10.5. The molecule has 18 heavy (non-hydrogen) atoms. The lowest BCUT2D eigenvalue weighted by molar-refractivity contribution is 0.0686. The normalized spacial score (nSPS) is 29.7. The second kappa shape index (κ2) is 5.59. The monoisotopic (exact) mass is 286 g/mol. The Labute approximate surface area is 118 Å². The largest absolute Gasteiger partial charge is 0.338 e.